The molecule has 0 spiro atoms. The average molecular weight is 374 g/mol. The Morgan fingerprint density at radius 1 is 1.17 bits per heavy atom. The van der Waals surface area contributed by atoms with Crippen molar-refractivity contribution in [3.63, 3.8) is 0 Å². The summed E-state index contributed by atoms with van der Waals surface area (Å²) < 4.78 is 27.7. The van der Waals surface area contributed by atoms with Gasteiger partial charge in [-0.25, -0.2) is 13.2 Å². The summed E-state index contributed by atoms with van der Waals surface area (Å²) in [5, 5.41) is 2.80. The molecule has 1 aromatic rings. The van der Waals surface area contributed by atoms with Gasteiger partial charge in [0.25, 0.3) is 0 Å². The lowest BCUT2D eigenvalue weighted by Gasteiger charge is -2.37. The summed E-state index contributed by atoms with van der Waals surface area (Å²) in [6.07, 6.45) is 5.03. The maximum absolute atomic E-state index is 11.9. The SMILES string of the molecule is O=C(NCC1(CCS(=O)(=O)Cl)CCCCC1)OCc1ccccc1. The first kappa shape index (κ1) is 19.1. The molecule has 0 aliphatic heterocycles. The molecule has 1 aliphatic carbocycles. The second kappa shape index (κ2) is 8.72. The first-order valence-corrected chi connectivity index (χ1v) is 10.7. The molecule has 7 heteroatoms. The van der Waals surface area contributed by atoms with E-state index >= 15 is 0 Å². The minimum atomic E-state index is -3.52. The van der Waals surface area contributed by atoms with Crippen molar-refractivity contribution in [2.75, 3.05) is 12.3 Å². The summed E-state index contributed by atoms with van der Waals surface area (Å²) in [7, 11) is 1.84. The summed E-state index contributed by atoms with van der Waals surface area (Å²) in [4.78, 5) is 11.9. The zero-order chi connectivity index (χ0) is 17.5. The minimum absolute atomic E-state index is 0.0602. The van der Waals surface area contributed by atoms with E-state index in [2.05, 4.69) is 5.32 Å². The van der Waals surface area contributed by atoms with Crippen molar-refractivity contribution in [3.05, 3.63) is 35.9 Å². The van der Waals surface area contributed by atoms with Gasteiger partial charge in [-0.2, -0.15) is 0 Å². The van der Waals surface area contributed by atoms with Gasteiger partial charge in [0.1, 0.15) is 6.61 Å². The molecule has 134 valence electrons. The highest BCUT2D eigenvalue weighted by Crippen LogP contribution is 2.39. The van der Waals surface area contributed by atoms with Crippen LogP contribution in [0.4, 0.5) is 4.79 Å². The van der Waals surface area contributed by atoms with Crippen LogP contribution in [0, 0.1) is 5.41 Å². The lowest BCUT2D eigenvalue weighted by atomic mass is 9.72. The summed E-state index contributed by atoms with van der Waals surface area (Å²) in [5.74, 6) is -0.0602. The fourth-order valence-corrected chi connectivity index (χ4v) is 4.10. The minimum Gasteiger partial charge on any atom is -0.445 e. The van der Waals surface area contributed by atoms with E-state index in [1.165, 1.54) is 0 Å². The molecule has 0 unspecified atom stereocenters. The number of halogens is 1. The van der Waals surface area contributed by atoms with Gasteiger partial charge in [-0.05, 0) is 30.2 Å². The highest BCUT2D eigenvalue weighted by molar-refractivity contribution is 8.13. The fraction of sp³-hybridized carbons (Fsp3) is 0.588. The molecule has 1 N–H and O–H groups in total. The normalized spacial score (nSPS) is 17.2. The molecule has 0 heterocycles. The number of hydrogen-bond acceptors (Lipinski definition) is 4. The van der Waals surface area contributed by atoms with Gasteiger partial charge < -0.3 is 10.1 Å². The number of ether oxygens (including phenoxy) is 1. The number of alkyl carbamates (subject to hydrolysis) is 1. The van der Waals surface area contributed by atoms with Gasteiger partial charge in [0.05, 0.1) is 5.75 Å². The molecule has 0 aromatic heterocycles. The van der Waals surface area contributed by atoms with E-state index < -0.39 is 15.1 Å². The zero-order valence-electron chi connectivity index (χ0n) is 13.7. The molecular weight excluding hydrogens is 350 g/mol. The Hall–Kier alpha value is -1.27. The Morgan fingerprint density at radius 3 is 2.46 bits per heavy atom. The molecule has 1 fully saturated rings. The molecule has 1 aromatic carbocycles. The molecule has 1 amide bonds. The van der Waals surface area contributed by atoms with Crippen LogP contribution in [0.1, 0.15) is 44.1 Å². The van der Waals surface area contributed by atoms with Crippen LogP contribution in [0.5, 0.6) is 0 Å². The smallest absolute Gasteiger partial charge is 0.407 e. The number of carbonyl (C=O) groups excluding carboxylic acids is 1. The lowest BCUT2D eigenvalue weighted by Crippen LogP contribution is -2.40. The highest BCUT2D eigenvalue weighted by Gasteiger charge is 2.33. The number of amides is 1. The number of carbonyl (C=O) groups is 1. The summed E-state index contributed by atoms with van der Waals surface area (Å²) >= 11 is 0. The largest absolute Gasteiger partial charge is 0.445 e. The third-order valence-corrected chi connectivity index (χ3v) is 5.77. The third-order valence-electron chi connectivity index (χ3n) is 4.61. The first-order valence-electron chi connectivity index (χ1n) is 8.26. The Balaban J connectivity index is 1.84. The molecule has 0 bridgehead atoms. The van der Waals surface area contributed by atoms with E-state index in [1.54, 1.807) is 0 Å². The number of nitrogens with one attached hydrogen (secondary N) is 1. The topological polar surface area (TPSA) is 72.5 Å². The van der Waals surface area contributed by atoms with Gasteiger partial charge in [0, 0.05) is 17.2 Å². The summed E-state index contributed by atoms with van der Waals surface area (Å²) in [6, 6.07) is 9.46. The van der Waals surface area contributed by atoms with Crippen LogP contribution in [0.2, 0.25) is 0 Å². The van der Waals surface area contributed by atoms with E-state index in [0.717, 1.165) is 37.7 Å². The monoisotopic (exact) mass is 373 g/mol. The fourth-order valence-electron chi connectivity index (χ4n) is 3.19. The summed E-state index contributed by atoms with van der Waals surface area (Å²) in [5.41, 5.74) is 0.722. The van der Waals surface area contributed by atoms with Gasteiger partial charge in [-0.3, -0.25) is 0 Å². The van der Waals surface area contributed by atoms with E-state index in [4.69, 9.17) is 15.4 Å². The van der Waals surface area contributed by atoms with E-state index in [0.29, 0.717) is 13.0 Å². The van der Waals surface area contributed by atoms with Crippen molar-refractivity contribution in [1.82, 2.24) is 5.32 Å². The number of benzene rings is 1. The van der Waals surface area contributed by atoms with Crippen LogP contribution in [-0.2, 0) is 20.4 Å². The standard InChI is InChI=1S/C17H24ClNO4S/c18-24(21,22)12-11-17(9-5-2-6-10-17)14-19-16(20)23-13-15-7-3-1-4-8-15/h1,3-4,7-8H,2,5-6,9-14H2,(H,19,20). The molecule has 0 radical (unpaired) electrons. The Bertz CT molecular complexity index is 627. The van der Waals surface area contributed by atoms with Gasteiger partial charge in [0.2, 0.25) is 9.05 Å². The second-order valence-corrected chi connectivity index (χ2v) is 9.37. The van der Waals surface area contributed by atoms with Crippen LogP contribution in [-0.4, -0.2) is 26.8 Å². The Kier molecular flexibility index (Phi) is 6.92. The van der Waals surface area contributed by atoms with Gasteiger partial charge in [-0.15, -0.1) is 0 Å². The van der Waals surface area contributed by atoms with Crippen LogP contribution in [0.15, 0.2) is 30.3 Å². The molecule has 2 rings (SSSR count). The molecule has 1 saturated carbocycles. The average Bonchev–Trinajstić information content (AvgIpc) is 2.58. The van der Waals surface area contributed by atoms with Crippen molar-refractivity contribution in [3.8, 4) is 0 Å². The van der Waals surface area contributed by atoms with E-state index in [-0.39, 0.29) is 17.8 Å². The predicted molar refractivity (Wildman–Crippen MR) is 94.4 cm³/mol. The zero-order valence-corrected chi connectivity index (χ0v) is 15.2. The van der Waals surface area contributed by atoms with Gasteiger partial charge >= 0.3 is 6.09 Å². The number of hydrogen-bond donors (Lipinski definition) is 1. The maximum atomic E-state index is 11.9. The van der Waals surface area contributed by atoms with Gasteiger partial charge in [-0.1, -0.05) is 49.6 Å². The first-order chi connectivity index (χ1) is 11.4. The van der Waals surface area contributed by atoms with Crippen molar-refractivity contribution in [2.45, 2.75) is 45.1 Å². The number of rotatable bonds is 7. The van der Waals surface area contributed by atoms with Crippen LogP contribution >= 0.6 is 10.7 Å². The molecule has 0 atom stereocenters. The second-order valence-electron chi connectivity index (χ2n) is 6.47. The van der Waals surface area contributed by atoms with Gasteiger partial charge in [0.15, 0.2) is 0 Å². The third kappa shape index (κ3) is 6.69. The quantitative estimate of drug-likeness (QED) is 0.737. The highest BCUT2D eigenvalue weighted by atomic mass is 35.7. The van der Waals surface area contributed by atoms with Crippen LogP contribution in [0.3, 0.4) is 0 Å². The maximum Gasteiger partial charge on any atom is 0.407 e. The van der Waals surface area contributed by atoms with E-state index in [1.807, 2.05) is 30.3 Å². The van der Waals surface area contributed by atoms with E-state index in [9.17, 15) is 13.2 Å². The molecule has 0 saturated heterocycles. The summed E-state index contributed by atoms with van der Waals surface area (Å²) in [6.45, 7) is 0.642. The predicted octanol–water partition coefficient (Wildman–Crippen LogP) is 3.82. The van der Waals surface area contributed by atoms with Crippen LogP contribution in [0.25, 0.3) is 0 Å². The van der Waals surface area contributed by atoms with Crippen molar-refractivity contribution in [2.24, 2.45) is 5.41 Å². The Labute approximate surface area is 148 Å². The Morgan fingerprint density at radius 2 is 1.83 bits per heavy atom. The van der Waals surface area contributed by atoms with Crippen molar-refractivity contribution in [1.29, 1.82) is 0 Å². The molecule has 1 aliphatic rings. The molecule has 24 heavy (non-hydrogen) atoms. The van der Waals surface area contributed by atoms with Crippen LogP contribution < -0.4 is 5.32 Å². The molecular formula is C17H24ClNO4S. The lowest BCUT2D eigenvalue weighted by molar-refractivity contribution is 0.123. The molecule has 5 nitrogen and oxygen atoms in total. The van der Waals surface area contributed by atoms with Crippen molar-refractivity contribution >= 4 is 25.8 Å². The van der Waals surface area contributed by atoms with Crippen molar-refractivity contribution < 1.29 is 17.9 Å².